The molecule has 0 bridgehead atoms. The maximum absolute atomic E-state index is 11.8. The van der Waals surface area contributed by atoms with Crippen molar-refractivity contribution in [2.75, 3.05) is 13.3 Å². The third-order valence-electron chi connectivity index (χ3n) is 3.82. The summed E-state index contributed by atoms with van der Waals surface area (Å²) in [5.74, 6) is 1.06. The minimum atomic E-state index is -0.692. The molecule has 2 aromatic carbocycles. The summed E-state index contributed by atoms with van der Waals surface area (Å²) in [4.78, 5) is 11.8. The highest BCUT2D eigenvalue weighted by Crippen LogP contribution is 2.34. The number of hydrogen-bond acceptors (Lipinski definition) is 4. The van der Waals surface area contributed by atoms with Crippen LogP contribution in [0.3, 0.4) is 0 Å². The zero-order valence-electron chi connectivity index (χ0n) is 13.4. The zero-order valence-corrected chi connectivity index (χ0v) is 14.2. The van der Waals surface area contributed by atoms with Crippen molar-refractivity contribution in [1.29, 1.82) is 0 Å². The van der Waals surface area contributed by atoms with E-state index in [9.17, 15) is 9.90 Å². The molecule has 1 atom stereocenters. The first-order valence-corrected chi connectivity index (χ1v) is 8.29. The zero-order chi connectivity index (χ0) is 17.6. The maximum Gasteiger partial charge on any atom is 0.244 e. The van der Waals surface area contributed by atoms with Gasteiger partial charge in [0.1, 0.15) is 0 Å². The lowest BCUT2D eigenvalue weighted by Crippen LogP contribution is -2.23. The minimum absolute atomic E-state index is 0.197. The summed E-state index contributed by atoms with van der Waals surface area (Å²) in [6.45, 7) is 0.546. The number of ether oxygens (including phenoxy) is 2. The van der Waals surface area contributed by atoms with E-state index in [1.165, 1.54) is 6.08 Å². The molecular formula is C19H18ClNO4. The maximum atomic E-state index is 11.8. The standard InChI is InChI=1S/C19H18ClNO4/c20-15-4-2-1-3-13(15)6-8-19(23)21-10-9-16(22)14-5-7-17-18(11-14)25-12-24-17/h1-8,11,16,22H,9-10,12H2,(H,21,23)/b8-6+. The van der Waals surface area contributed by atoms with Crippen LogP contribution >= 0.6 is 11.6 Å². The molecule has 5 nitrogen and oxygen atoms in total. The predicted octanol–water partition coefficient (Wildman–Crippen LogP) is 3.32. The minimum Gasteiger partial charge on any atom is -0.454 e. The Morgan fingerprint density at radius 1 is 1.24 bits per heavy atom. The van der Waals surface area contributed by atoms with E-state index >= 15 is 0 Å². The Morgan fingerprint density at radius 2 is 2.04 bits per heavy atom. The fraction of sp³-hybridized carbons (Fsp3) is 0.211. The molecule has 0 aliphatic carbocycles. The first-order chi connectivity index (χ1) is 12.1. The molecule has 1 amide bonds. The Morgan fingerprint density at radius 3 is 2.88 bits per heavy atom. The Hall–Kier alpha value is -2.50. The highest BCUT2D eigenvalue weighted by Gasteiger charge is 2.16. The predicted molar refractivity (Wildman–Crippen MR) is 95.6 cm³/mol. The topological polar surface area (TPSA) is 67.8 Å². The summed E-state index contributed by atoms with van der Waals surface area (Å²) in [5, 5.41) is 13.6. The van der Waals surface area contributed by atoms with E-state index < -0.39 is 6.10 Å². The second kappa shape index (κ2) is 8.05. The number of halogens is 1. The summed E-state index contributed by atoms with van der Waals surface area (Å²) in [6, 6.07) is 12.6. The van der Waals surface area contributed by atoms with Gasteiger partial charge in [-0.3, -0.25) is 4.79 Å². The van der Waals surface area contributed by atoms with Crippen molar-refractivity contribution in [2.45, 2.75) is 12.5 Å². The Bertz CT molecular complexity index is 791. The number of aliphatic hydroxyl groups excluding tert-OH is 1. The summed E-state index contributed by atoms with van der Waals surface area (Å²) in [5.41, 5.74) is 1.50. The fourth-order valence-corrected chi connectivity index (χ4v) is 2.65. The first kappa shape index (κ1) is 17.3. The van der Waals surface area contributed by atoms with E-state index in [1.807, 2.05) is 18.2 Å². The number of carbonyl (C=O) groups is 1. The third-order valence-corrected chi connectivity index (χ3v) is 4.16. The lowest BCUT2D eigenvalue weighted by atomic mass is 10.1. The molecule has 0 saturated carbocycles. The van der Waals surface area contributed by atoms with Gasteiger partial charge in [-0.2, -0.15) is 0 Å². The number of aliphatic hydroxyl groups is 1. The highest BCUT2D eigenvalue weighted by molar-refractivity contribution is 6.32. The van der Waals surface area contributed by atoms with Crippen molar-refractivity contribution in [3.63, 3.8) is 0 Å². The molecule has 0 fully saturated rings. The number of benzene rings is 2. The molecule has 0 radical (unpaired) electrons. The van der Waals surface area contributed by atoms with Crippen LogP contribution in [0.25, 0.3) is 6.08 Å². The van der Waals surface area contributed by atoms with Crippen LogP contribution in [0.4, 0.5) is 0 Å². The summed E-state index contributed by atoms with van der Waals surface area (Å²) >= 11 is 6.03. The van der Waals surface area contributed by atoms with Gasteiger partial charge in [0.15, 0.2) is 11.5 Å². The molecule has 0 spiro atoms. The van der Waals surface area contributed by atoms with Crippen molar-refractivity contribution < 1.29 is 19.4 Å². The summed E-state index contributed by atoms with van der Waals surface area (Å²) in [7, 11) is 0. The van der Waals surface area contributed by atoms with Crippen LogP contribution in [-0.2, 0) is 4.79 Å². The number of hydrogen-bond donors (Lipinski definition) is 2. The number of nitrogens with one attached hydrogen (secondary N) is 1. The van der Waals surface area contributed by atoms with Gasteiger partial charge in [-0.1, -0.05) is 35.9 Å². The van der Waals surface area contributed by atoms with Crippen LogP contribution < -0.4 is 14.8 Å². The van der Waals surface area contributed by atoms with E-state index in [2.05, 4.69) is 5.32 Å². The third kappa shape index (κ3) is 4.53. The van der Waals surface area contributed by atoms with E-state index in [-0.39, 0.29) is 12.7 Å². The number of rotatable bonds is 6. The van der Waals surface area contributed by atoms with Crippen molar-refractivity contribution in [3.8, 4) is 11.5 Å². The normalized spacial score (nSPS) is 13.8. The molecular weight excluding hydrogens is 342 g/mol. The van der Waals surface area contributed by atoms with Crippen LogP contribution in [0.15, 0.2) is 48.5 Å². The van der Waals surface area contributed by atoms with Crippen LogP contribution in [0, 0.1) is 0 Å². The number of fused-ring (bicyclic) bond motifs is 1. The second-order valence-electron chi connectivity index (χ2n) is 5.56. The lowest BCUT2D eigenvalue weighted by Gasteiger charge is -2.11. The van der Waals surface area contributed by atoms with Gasteiger partial charge in [-0.15, -0.1) is 0 Å². The van der Waals surface area contributed by atoms with Gasteiger partial charge in [-0.25, -0.2) is 0 Å². The fourth-order valence-electron chi connectivity index (χ4n) is 2.45. The average Bonchev–Trinajstić information content (AvgIpc) is 3.08. The van der Waals surface area contributed by atoms with Crippen molar-refractivity contribution in [1.82, 2.24) is 5.32 Å². The molecule has 6 heteroatoms. The monoisotopic (exact) mass is 359 g/mol. The van der Waals surface area contributed by atoms with Crippen LogP contribution in [-0.4, -0.2) is 24.4 Å². The van der Waals surface area contributed by atoms with Gasteiger partial charge in [0.2, 0.25) is 12.7 Å². The van der Waals surface area contributed by atoms with Gasteiger partial charge >= 0.3 is 0 Å². The van der Waals surface area contributed by atoms with Gasteiger partial charge in [0, 0.05) is 17.6 Å². The van der Waals surface area contributed by atoms with Crippen molar-refractivity contribution >= 4 is 23.6 Å². The smallest absolute Gasteiger partial charge is 0.244 e. The Labute approximate surface area is 150 Å². The SMILES string of the molecule is O=C(/C=C/c1ccccc1Cl)NCCC(O)c1ccc2c(c1)OCO2. The van der Waals surface area contributed by atoms with Crippen LogP contribution in [0.1, 0.15) is 23.7 Å². The van der Waals surface area contributed by atoms with Gasteiger partial charge < -0.3 is 19.9 Å². The molecule has 1 aliphatic rings. The largest absolute Gasteiger partial charge is 0.454 e. The van der Waals surface area contributed by atoms with Gasteiger partial charge in [0.05, 0.1) is 6.10 Å². The summed E-state index contributed by atoms with van der Waals surface area (Å²) in [6.07, 6.45) is 2.79. The quantitative estimate of drug-likeness (QED) is 0.776. The van der Waals surface area contributed by atoms with Crippen LogP contribution in [0.5, 0.6) is 11.5 Å². The molecule has 2 aromatic rings. The molecule has 2 N–H and O–H groups in total. The molecule has 1 aliphatic heterocycles. The molecule has 0 saturated heterocycles. The van der Waals surface area contributed by atoms with Crippen LogP contribution in [0.2, 0.25) is 5.02 Å². The Balaban J connectivity index is 1.47. The molecule has 1 unspecified atom stereocenters. The van der Waals surface area contributed by atoms with Crippen molar-refractivity contribution in [2.24, 2.45) is 0 Å². The van der Waals surface area contributed by atoms with E-state index in [1.54, 1.807) is 30.3 Å². The molecule has 0 aromatic heterocycles. The molecule has 130 valence electrons. The van der Waals surface area contributed by atoms with E-state index in [4.69, 9.17) is 21.1 Å². The van der Waals surface area contributed by atoms with Crippen molar-refractivity contribution in [3.05, 3.63) is 64.7 Å². The Kier molecular flexibility index (Phi) is 5.58. The molecule has 1 heterocycles. The van der Waals surface area contributed by atoms with E-state index in [0.29, 0.717) is 29.5 Å². The summed E-state index contributed by atoms with van der Waals surface area (Å²) < 4.78 is 10.5. The first-order valence-electron chi connectivity index (χ1n) is 7.91. The lowest BCUT2D eigenvalue weighted by molar-refractivity contribution is -0.116. The van der Waals surface area contributed by atoms with Gasteiger partial charge in [0.25, 0.3) is 0 Å². The van der Waals surface area contributed by atoms with Gasteiger partial charge in [-0.05, 0) is 41.8 Å². The molecule has 3 rings (SSSR count). The van der Waals surface area contributed by atoms with E-state index in [0.717, 1.165) is 11.1 Å². The molecule has 25 heavy (non-hydrogen) atoms. The highest BCUT2D eigenvalue weighted by atomic mass is 35.5. The second-order valence-corrected chi connectivity index (χ2v) is 5.97. The number of carbonyl (C=O) groups excluding carboxylic acids is 1. The number of amides is 1. The average molecular weight is 360 g/mol.